The summed E-state index contributed by atoms with van der Waals surface area (Å²) >= 11 is 1.83. The van der Waals surface area contributed by atoms with Crippen LogP contribution in [-0.4, -0.2) is 15.0 Å². The zero-order chi connectivity index (χ0) is 20.2. The Morgan fingerprint density at radius 3 is 2.70 bits per heavy atom. The van der Waals surface area contributed by atoms with Gasteiger partial charge in [0, 0.05) is 36.7 Å². The average molecular weight is 407 g/mol. The van der Waals surface area contributed by atoms with E-state index in [4.69, 9.17) is 9.40 Å². The molecule has 0 saturated carbocycles. The first-order valence-electron chi connectivity index (χ1n) is 9.75. The zero-order valence-corrected chi connectivity index (χ0v) is 17.3. The van der Waals surface area contributed by atoms with Gasteiger partial charge < -0.3 is 4.42 Å². The molecule has 30 heavy (non-hydrogen) atoms. The van der Waals surface area contributed by atoms with Crippen LogP contribution in [0.5, 0.6) is 0 Å². The molecule has 0 aliphatic heterocycles. The number of oxazole rings is 1. The van der Waals surface area contributed by atoms with Gasteiger partial charge in [-0.2, -0.15) is 0 Å². The Morgan fingerprint density at radius 2 is 1.83 bits per heavy atom. The zero-order valence-electron chi connectivity index (χ0n) is 16.5. The molecular formula is C25H17N3OS. The van der Waals surface area contributed by atoms with Crippen LogP contribution in [0, 0.1) is 13.8 Å². The second-order valence-electron chi connectivity index (χ2n) is 7.57. The number of benzene rings is 3. The molecule has 0 amide bonds. The number of nitrogens with zero attached hydrogens (tertiary/aromatic N) is 3. The summed E-state index contributed by atoms with van der Waals surface area (Å²) in [6.45, 7) is 4.33. The maximum absolute atomic E-state index is 5.13. The Hall–Kier alpha value is -3.57. The second kappa shape index (κ2) is 6.47. The molecule has 0 radical (unpaired) electrons. The van der Waals surface area contributed by atoms with Gasteiger partial charge in [-0.15, -0.1) is 11.3 Å². The van der Waals surface area contributed by atoms with Crippen LogP contribution in [0.15, 0.2) is 71.9 Å². The number of aromatic nitrogens is 3. The highest BCUT2D eigenvalue weighted by molar-refractivity contribution is 7.26. The Labute approximate surface area is 176 Å². The van der Waals surface area contributed by atoms with E-state index in [9.17, 15) is 0 Å². The summed E-state index contributed by atoms with van der Waals surface area (Å²) in [6, 6.07) is 17.2. The molecule has 6 rings (SSSR count). The lowest BCUT2D eigenvalue weighted by atomic mass is 9.99. The molecule has 3 aromatic heterocycles. The first-order chi connectivity index (χ1) is 14.7. The minimum absolute atomic E-state index is 0.801. The van der Waals surface area contributed by atoms with Crippen LogP contribution < -0.4 is 0 Å². The van der Waals surface area contributed by atoms with Crippen molar-refractivity contribution in [1.29, 1.82) is 0 Å². The first-order valence-corrected chi connectivity index (χ1v) is 10.6. The van der Waals surface area contributed by atoms with Gasteiger partial charge in [0.1, 0.15) is 18.3 Å². The van der Waals surface area contributed by atoms with E-state index in [1.165, 1.54) is 37.7 Å². The summed E-state index contributed by atoms with van der Waals surface area (Å²) < 4.78 is 7.71. The molecule has 0 unspecified atom stereocenters. The molecule has 0 aliphatic rings. The molecule has 3 heterocycles. The van der Waals surface area contributed by atoms with Crippen LogP contribution in [0.2, 0.25) is 0 Å². The SMILES string of the molecule is Cc1cc(-c2ncnc3cc(-c4cocn4)ccc23)c2sc3cccc(C)c3c2c1. The highest BCUT2D eigenvalue weighted by Crippen LogP contribution is 2.42. The summed E-state index contributed by atoms with van der Waals surface area (Å²) in [5.74, 6) is 0. The van der Waals surface area contributed by atoms with E-state index < -0.39 is 0 Å². The van der Waals surface area contributed by atoms with Gasteiger partial charge in [0.2, 0.25) is 0 Å². The van der Waals surface area contributed by atoms with Crippen molar-refractivity contribution in [3.8, 4) is 22.5 Å². The lowest BCUT2D eigenvalue weighted by Crippen LogP contribution is -1.91. The third-order valence-electron chi connectivity index (χ3n) is 5.57. The molecule has 0 atom stereocenters. The molecule has 0 saturated heterocycles. The summed E-state index contributed by atoms with van der Waals surface area (Å²) in [6.07, 6.45) is 4.74. The number of rotatable bonds is 2. The molecular weight excluding hydrogens is 390 g/mol. The molecule has 0 spiro atoms. The Morgan fingerprint density at radius 1 is 0.900 bits per heavy atom. The van der Waals surface area contributed by atoms with Crippen LogP contribution in [0.4, 0.5) is 0 Å². The molecule has 0 fully saturated rings. The average Bonchev–Trinajstić information content (AvgIpc) is 3.41. The van der Waals surface area contributed by atoms with E-state index in [1.54, 1.807) is 12.6 Å². The number of hydrogen-bond acceptors (Lipinski definition) is 5. The summed E-state index contributed by atoms with van der Waals surface area (Å²) in [4.78, 5) is 13.5. The molecule has 4 nitrogen and oxygen atoms in total. The molecule has 0 bridgehead atoms. The van der Waals surface area contributed by atoms with Crippen molar-refractivity contribution in [2.24, 2.45) is 0 Å². The molecule has 3 aromatic carbocycles. The Balaban J connectivity index is 1.66. The Bertz CT molecular complexity index is 1560. The molecule has 6 aromatic rings. The Kier molecular flexibility index (Phi) is 3.73. The maximum atomic E-state index is 5.13. The van der Waals surface area contributed by atoms with Crippen LogP contribution in [0.25, 0.3) is 53.6 Å². The maximum Gasteiger partial charge on any atom is 0.181 e. The van der Waals surface area contributed by atoms with Gasteiger partial charge in [0.05, 0.1) is 11.2 Å². The minimum Gasteiger partial charge on any atom is -0.451 e. The largest absolute Gasteiger partial charge is 0.451 e. The topological polar surface area (TPSA) is 51.8 Å². The molecule has 5 heteroatoms. The van der Waals surface area contributed by atoms with Gasteiger partial charge in [-0.1, -0.05) is 18.2 Å². The van der Waals surface area contributed by atoms with Crippen molar-refractivity contribution >= 4 is 42.4 Å². The van der Waals surface area contributed by atoms with Crippen molar-refractivity contribution in [3.05, 3.63) is 78.6 Å². The molecule has 144 valence electrons. The monoisotopic (exact) mass is 407 g/mol. The fourth-order valence-corrected chi connectivity index (χ4v) is 5.49. The van der Waals surface area contributed by atoms with Gasteiger partial charge in [0.25, 0.3) is 0 Å². The summed E-state index contributed by atoms with van der Waals surface area (Å²) in [7, 11) is 0. The van der Waals surface area contributed by atoms with E-state index in [2.05, 4.69) is 66.3 Å². The lowest BCUT2D eigenvalue weighted by molar-refractivity contribution is 0.558. The van der Waals surface area contributed by atoms with Gasteiger partial charge in [0.15, 0.2) is 6.39 Å². The third-order valence-corrected chi connectivity index (χ3v) is 6.77. The predicted octanol–water partition coefficient (Wildman–Crippen LogP) is 6.94. The lowest BCUT2D eigenvalue weighted by Gasteiger charge is -2.09. The standard InChI is InChI=1S/C25H17N3OS/c1-14-8-18-23-15(2)4-3-5-22(23)30-25(18)19(9-14)24-17-7-6-16(21-11-29-13-28-21)10-20(17)26-12-27-24/h3-13H,1-2H3. The number of hydrogen-bond donors (Lipinski definition) is 0. The van der Waals surface area contributed by atoms with Gasteiger partial charge in [-0.05, 0) is 55.3 Å². The highest BCUT2D eigenvalue weighted by Gasteiger charge is 2.16. The number of fused-ring (bicyclic) bond motifs is 4. The van der Waals surface area contributed by atoms with Crippen LogP contribution in [-0.2, 0) is 0 Å². The number of thiophene rings is 1. The minimum atomic E-state index is 0.801. The quantitative estimate of drug-likeness (QED) is 0.312. The van der Waals surface area contributed by atoms with E-state index in [0.29, 0.717) is 0 Å². The predicted molar refractivity (Wildman–Crippen MR) is 123 cm³/mol. The molecule has 0 N–H and O–H groups in total. The van der Waals surface area contributed by atoms with Crippen molar-refractivity contribution in [3.63, 3.8) is 0 Å². The van der Waals surface area contributed by atoms with Crippen LogP contribution in [0.1, 0.15) is 11.1 Å². The smallest absolute Gasteiger partial charge is 0.181 e. The first kappa shape index (κ1) is 17.3. The van der Waals surface area contributed by atoms with Crippen molar-refractivity contribution in [2.75, 3.05) is 0 Å². The van der Waals surface area contributed by atoms with Gasteiger partial charge in [-0.3, -0.25) is 0 Å². The van der Waals surface area contributed by atoms with Gasteiger partial charge in [-0.25, -0.2) is 15.0 Å². The van der Waals surface area contributed by atoms with Gasteiger partial charge >= 0.3 is 0 Å². The fraction of sp³-hybridized carbons (Fsp3) is 0.0800. The summed E-state index contributed by atoms with van der Waals surface area (Å²) in [5, 5.41) is 3.68. The summed E-state index contributed by atoms with van der Waals surface area (Å²) in [5.41, 5.74) is 7.33. The normalized spacial score (nSPS) is 11.7. The van der Waals surface area contributed by atoms with E-state index in [0.717, 1.165) is 33.4 Å². The third kappa shape index (κ3) is 2.56. The van der Waals surface area contributed by atoms with Crippen molar-refractivity contribution in [2.45, 2.75) is 13.8 Å². The van der Waals surface area contributed by atoms with E-state index in [-0.39, 0.29) is 0 Å². The van der Waals surface area contributed by atoms with E-state index >= 15 is 0 Å². The van der Waals surface area contributed by atoms with Crippen LogP contribution >= 0.6 is 11.3 Å². The second-order valence-corrected chi connectivity index (χ2v) is 8.62. The van der Waals surface area contributed by atoms with Crippen LogP contribution in [0.3, 0.4) is 0 Å². The highest BCUT2D eigenvalue weighted by atomic mass is 32.1. The van der Waals surface area contributed by atoms with Crippen molar-refractivity contribution in [1.82, 2.24) is 15.0 Å². The fourth-order valence-electron chi connectivity index (χ4n) is 4.21. The number of aryl methyl sites for hydroxylation is 2. The van der Waals surface area contributed by atoms with E-state index in [1.807, 2.05) is 17.4 Å². The van der Waals surface area contributed by atoms with Crippen molar-refractivity contribution < 1.29 is 4.42 Å². The molecule has 0 aliphatic carbocycles.